The maximum Gasteiger partial charge on any atom is 0.331 e. The molecule has 1 aliphatic rings. The fraction of sp³-hybridized carbons (Fsp3) is 0.714. The van der Waals surface area contributed by atoms with Crippen LogP contribution in [0.25, 0.3) is 0 Å². The smallest absolute Gasteiger partial charge is 0.331 e. The van der Waals surface area contributed by atoms with Gasteiger partial charge >= 0.3 is 11.9 Å². The van der Waals surface area contributed by atoms with Gasteiger partial charge in [0.1, 0.15) is 5.60 Å². The van der Waals surface area contributed by atoms with Crippen molar-refractivity contribution in [3.8, 4) is 0 Å². The van der Waals surface area contributed by atoms with Gasteiger partial charge in [0.15, 0.2) is 0 Å². The third-order valence-corrected chi connectivity index (χ3v) is 3.90. The van der Waals surface area contributed by atoms with Crippen molar-refractivity contribution >= 4 is 11.9 Å². The van der Waals surface area contributed by atoms with E-state index in [0.717, 1.165) is 44.3 Å². The lowest BCUT2D eigenvalue weighted by Gasteiger charge is -2.42. The Balaban J connectivity index is 2.74. The molecule has 102 valence electrons. The zero-order valence-electron chi connectivity index (χ0n) is 11.1. The molecule has 4 heteroatoms. The van der Waals surface area contributed by atoms with Crippen molar-refractivity contribution in [2.75, 3.05) is 0 Å². The van der Waals surface area contributed by atoms with Crippen LogP contribution in [0.5, 0.6) is 0 Å². The molecule has 0 amide bonds. The van der Waals surface area contributed by atoms with Gasteiger partial charge in [0.05, 0.1) is 0 Å². The van der Waals surface area contributed by atoms with Gasteiger partial charge < -0.3 is 9.84 Å². The van der Waals surface area contributed by atoms with Gasteiger partial charge in [0.2, 0.25) is 0 Å². The number of esters is 1. The minimum Gasteiger partial charge on any atom is -0.478 e. The number of carbonyl (C=O) groups excluding carboxylic acids is 1. The number of ether oxygens (including phenoxy) is 1. The number of aliphatic carboxylic acids is 1. The van der Waals surface area contributed by atoms with Gasteiger partial charge in [0, 0.05) is 12.2 Å². The minimum absolute atomic E-state index is 0.387. The number of carbonyl (C=O) groups is 2. The molecule has 2 unspecified atom stereocenters. The highest BCUT2D eigenvalue weighted by molar-refractivity contribution is 5.90. The normalized spacial score (nSPS) is 28.2. The lowest BCUT2D eigenvalue weighted by atomic mass is 9.72. The summed E-state index contributed by atoms with van der Waals surface area (Å²) in [6.45, 7) is 4.14. The van der Waals surface area contributed by atoms with Gasteiger partial charge in [-0.15, -0.1) is 0 Å². The van der Waals surface area contributed by atoms with Gasteiger partial charge in [-0.1, -0.05) is 20.3 Å². The molecule has 0 spiro atoms. The Morgan fingerprint density at radius 2 is 2.06 bits per heavy atom. The van der Waals surface area contributed by atoms with E-state index in [1.54, 1.807) is 0 Å². The first-order valence-corrected chi connectivity index (χ1v) is 6.68. The van der Waals surface area contributed by atoms with Crippen LogP contribution in [0.4, 0.5) is 0 Å². The molecule has 1 N–H and O–H groups in total. The molecule has 1 rings (SSSR count). The predicted molar refractivity (Wildman–Crippen MR) is 68.1 cm³/mol. The number of rotatable bonds is 5. The van der Waals surface area contributed by atoms with Crippen LogP contribution in [-0.2, 0) is 14.3 Å². The van der Waals surface area contributed by atoms with E-state index >= 15 is 0 Å². The zero-order valence-corrected chi connectivity index (χ0v) is 11.1. The predicted octanol–water partition coefficient (Wildman–Crippen LogP) is 2.92. The molecular formula is C14H22O4. The Morgan fingerprint density at radius 3 is 2.61 bits per heavy atom. The van der Waals surface area contributed by atoms with E-state index in [4.69, 9.17) is 9.84 Å². The van der Waals surface area contributed by atoms with Gasteiger partial charge in [-0.25, -0.2) is 9.59 Å². The molecule has 0 aromatic carbocycles. The Hall–Kier alpha value is -1.32. The lowest BCUT2D eigenvalue weighted by molar-refractivity contribution is -0.166. The van der Waals surface area contributed by atoms with Crippen molar-refractivity contribution in [3.05, 3.63) is 12.2 Å². The molecule has 0 aromatic rings. The van der Waals surface area contributed by atoms with Crippen LogP contribution in [0.1, 0.15) is 52.4 Å². The number of carboxylic acid groups (broad SMARTS) is 1. The van der Waals surface area contributed by atoms with E-state index in [-0.39, 0.29) is 0 Å². The standard InChI is InChI=1S/C14H22O4/c1-3-11-7-5-6-10-14(11,4-2)18-13(17)9-8-12(15)16/h8-9,11H,3-7,10H2,1-2H3,(H,15,16)/b9-8+. The molecular weight excluding hydrogens is 232 g/mol. The van der Waals surface area contributed by atoms with E-state index in [2.05, 4.69) is 6.92 Å². The monoisotopic (exact) mass is 254 g/mol. The molecule has 18 heavy (non-hydrogen) atoms. The van der Waals surface area contributed by atoms with Gasteiger partial charge in [-0.2, -0.15) is 0 Å². The summed E-state index contributed by atoms with van der Waals surface area (Å²) in [7, 11) is 0. The summed E-state index contributed by atoms with van der Waals surface area (Å²) >= 11 is 0. The van der Waals surface area contributed by atoms with Crippen LogP contribution in [0, 0.1) is 5.92 Å². The molecule has 4 nitrogen and oxygen atoms in total. The first-order chi connectivity index (χ1) is 8.54. The largest absolute Gasteiger partial charge is 0.478 e. The first kappa shape index (κ1) is 14.7. The summed E-state index contributed by atoms with van der Waals surface area (Å²) in [4.78, 5) is 22.0. The summed E-state index contributed by atoms with van der Waals surface area (Å²) < 4.78 is 5.59. The van der Waals surface area contributed by atoms with Crippen molar-refractivity contribution in [3.63, 3.8) is 0 Å². The summed E-state index contributed by atoms with van der Waals surface area (Å²) in [5.74, 6) is -1.29. The second-order valence-corrected chi connectivity index (χ2v) is 4.86. The molecule has 1 aliphatic carbocycles. The van der Waals surface area contributed by atoms with E-state index < -0.39 is 17.5 Å². The number of hydrogen-bond donors (Lipinski definition) is 1. The maximum atomic E-state index is 11.7. The highest BCUT2D eigenvalue weighted by Gasteiger charge is 2.41. The summed E-state index contributed by atoms with van der Waals surface area (Å²) in [5.41, 5.74) is -0.396. The van der Waals surface area contributed by atoms with Crippen LogP contribution < -0.4 is 0 Å². The topological polar surface area (TPSA) is 63.6 Å². The molecule has 1 saturated carbocycles. The molecule has 0 heterocycles. The highest BCUT2D eigenvalue weighted by atomic mass is 16.6. The van der Waals surface area contributed by atoms with Crippen LogP contribution in [0.15, 0.2) is 12.2 Å². The van der Waals surface area contributed by atoms with Gasteiger partial charge in [0.25, 0.3) is 0 Å². The first-order valence-electron chi connectivity index (χ1n) is 6.68. The van der Waals surface area contributed by atoms with Crippen molar-refractivity contribution in [1.29, 1.82) is 0 Å². The maximum absolute atomic E-state index is 11.7. The van der Waals surface area contributed by atoms with Crippen molar-refractivity contribution in [1.82, 2.24) is 0 Å². The van der Waals surface area contributed by atoms with Crippen LogP contribution >= 0.6 is 0 Å². The van der Waals surface area contributed by atoms with E-state index in [0.29, 0.717) is 5.92 Å². The molecule has 0 radical (unpaired) electrons. The molecule has 0 aliphatic heterocycles. The van der Waals surface area contributed by atoms with E-state index in [9.17, 15) is 9.59 Å². The fourth-order valence-corrected chi connectivity index (χ4v) is 2.90. The van der Waals surface area contributed by atoms with Crippen LogP contribution in [0.3, 0.4) is 0 Å². The third kappa shape index (κ3) is 3.59. The molecule has 0 bridgehead atoms. The Morgan fingerprint density at radius 1 is 1.33 bits per heavy atom. The summed E-state index contributed by atoms with van der Waals surface area (Å²) in [6, 6.07) is 0. The van der Waals surface area contributed by atoms with E-state index in [1.165, 1.54) is 6.42 Å². The zero-order chi connectivity index (χ0) is 13.6. The quantitative estimate of drug-likeness (QED) is 0.605. The second kappa shape index (κ2) is 6.57. The molecule has 2 atom stereocenters. The van der Waals surface area contributed by atoms with Gasteiger partial charge in [-0.3, -0.25) is 0 Å². The molecule has 0 aromatic heterocycles. The van der Waals surface area contributed by atoms with E-state index in [1.807, 2.05) is 6.92 Å². The van der Waals surface area contributed by atoms with Gasteiger partial charge in [-0.05, 0) is 38.0 Å². The Kier molecular flexibility index (Phi) is 5.38. The third-order valence-electron chi connectivity index (χ3n) is 3.90. The van der Waals surface area contributed by atoms with Crippen LogP contribution in [-0.4, -0.2) is 22.6 Å². The number of hydrogen-bond acceptors (Lipinski definition) is 3. The highest BCUT2D eigenvalue weighted by Crippen LogP contribution is 2.41. The minimum atomic E-state index is -1.13. The average Bonchev–Trinajstić information content (AvgIpc) is 2.36. The molecule has 0 saturated heterocycles. The SMILES string of the molecule is CCC1CCCCC1(CC)OC(=O)/C=C/C(=O)O. The second-order valence-electron chi connectivity index (χ2n) is 4.86. The summed E-state index contributed by atoms with van der Waals surface area (Å²) in [6.07, 6.45) is 7.83. The van der Waals surface area contributed by atoms with Crippen molar-refractivity contribution < 1.29 is 19.4 Å². The lowest BCUT2D eigenvalue weighted by Crippen LogP contribution is -2.44. The average molecular weight is 254 g/mol. The Labute approximate surface area is 108 Å². The van der Waals surface area contributed by atoms with Crippen LogP contribution in [0.2, 0.25) is 0 Å². The Bertz CT molecular complexity index is 335. The number of carboxylic acids is 1. The van der Waals surface area contributed by atoms with Crippen molar-refractivity contribution in [2.45, 2.75) is 58.0 Å². The molecule has 1 fully saturated rings. The fourth-order valence-electron chi connectivity index (χ4n) is 2.90. The van der Waals surface area contributed by atoms with Crippen molar-refractivity contribution in [2.24, 2.45) is 5.92 Å². The summed E-state index contributed by atoms with van der Waals surface area (Å²) in [5, 5.41) is 8.49.